The van der Waals surface area contributed by atoms with E-state index in [0.29, 0.717) is 6.61 Å². The molecule has 0 unspecified atom stereocenters. The molecule has 27 heavy (non-hydrogen) atoms. The molecule has 0 spiro atoms. The Balaban J connectivity index is 1.65. The topological polar surface area (TPSA) is 72.7 Å². The molecule has 1 aromatic heterocycles. The highest BCUT2D eigenvalue weighted by Gasteiger charge is 2.20. The van der Waals surface area contributed by atoms with Crippen LogP contribution in [-0.4, -0.2) is 65.1 Å². The van der Waals surface area contributed by atoms with Crippen molar-refractivity contribution < 1.29 is 14.3 Å². The minimum atomic E-state index is -0.0621. The quantitative estimate of drug-likeness (QED) is 0.728. The summed E-state index contributed by atoms with van der Waals surface area (Å²) < 4.78 is 12.8. The van der Waals surface area contributed by atoms with Crippen LogP contribution in [-0.2, 0) is 35.8 Å². The maximum absolute atomic E-state index is 11.7. The number of aromatic nitrogens is 3. The number of amides is 1. The molecule has 8 nitrogen and oxygen atoms in total. The molecule has 1 aliphatic heterocycles. The largest absolute Gasteiger partial charge is 0.497 e. The third-order valence-electron chi connectivity index (χ3n) is 4.64. The number of hydrogen-bond acceptors (Lipinski definition) is 6. The molecule has 3 rings (SSSR count). The van der Waals surface area contributed by atoms with E-state index in [1.807, 2.05) is 16.8 Å². The van der Waals surface area contributed by atoms with Gasteiger partial charge in [0.05, 0.1) is 19.4 Å². The van der Waals surface area contributed by atoms with Gasteiger partial charge in [-0.15, -0.1) is 5.10 Å². The van der Waals surface area contributed by atoms with Crippen LogP contribution in [0, 0.1) is 0 Å². The fraction of sp³-hybridized carbons (Fsp3) is 0.526. The summed E-state index contributed by atoms with van der Waals surface area (Å²) in [5.41, 5.74) is 3.08. The van der Waals surface area contributed by atoms with Gasteiger partial charge in [0.15, 0.2) is 0 Å². The number of carbonyl (C=O) groups excluding carboxylic acids is 1. The van der Waals surface area contributed by atoms with Crippen LogP contribution in [0.15, 0.2) is 24.3 Å². The van der Waals surface area contributed by atoms with E-state index in [0.717, 1.165) is 49.7 Å². The highest BCUT2D eigenvalue weighted by molar-refractivity contribution is 5.76. The van der Waals surface area contributed by atoms with E-state index in [1.54, 1.807) is 21.2 Å². The van der Waals surface area contributed by atoms with Crippen molar-refractivity contribution in [2.24, 2.45) is 0 Å². The second-order valence-corrected chi connectivity index (χ2v) is 6.90. The number of methoxy groups -OCH3 is 1. The van der Waals surface area contributed by atoms with Gasteiger partial charge in [-0.1, -0.05) is 17.3 Å². The number of carbonyl (C=O) groups is 1. The Bertz CT molecular complexity index is 774. The molecule has 2 aromatic rings. The number of benzene rings is 1. The summed E-state index contributed by atoms with van der Waals surface area (Å²) in [5, 5.41) is 8.53. The Kier molecular flexibility index (Phi) is 6.41. The first-order chi connectivity index (χ1) is 13.1. The Labute approximate surface area is 159 Å². The van der Waals surface area contributed by atoms with Gasteiger partial charge in [0.1, 0.15) is 18.1 Å². The summed E-state index contributed by atoms with van der Waals surface area (Å²) in [5.74, 6) is 0.807. The monoisotopic (exact) mass is 373 g/mol. The summed E-state index contributed by atoms with van der Waals surface area (Å²) in [6.07, 6.45) is 1.01. The average Bonchev–Trinajstić information content (AvgIpc) is 2.91. The fourth-order valence-corrected chi connectivity index (χ4v) is 3.10. The average molecular weight is 373 g/mol. The van der Waals surface area contributed by atoms with Crippen molar-refractivity contribution in [2.75, 3.05) is 34.4 Å². The Morgan fingerprint density at radius 1 is 1.30 bits per heavy atom. The molecule has 0 aliphatic carbocycles. The van der Waals surface area contributed by atoms with Gasteiger partial charge in [-0.05, 0) is 24.1 Å². The highest BCUT2D eigenvalue weighted by atomic mass is 16.5. The molecule has 0 saturated carbocycles. The van der Waals surface area contributed by atoms with Crippen LogP contribution in [0.4, 0.5) is 0 Å². The number of hydrogen-bond donors (Lipinski definition) is 0. The number of nitrogens with zero attached hydrogens (tertiary/aromatic N) is 5. The second-order valence-electron chi connectivity index (χ2n) is 6.90. The molecule has 0 bridgehead atoms. The van der Waals surface area contributed by atoms with Crippen LogP contribution in [0.2, 0.25) is 0 Å². The summed E-state index contributed by atoms with van der Waals surface area (Å²) in [4.78, 5) is 15.6. The molecule has 0 N–H and O–H groups in total. The van der Waals surface area contributed by atoms with Crippen molar-refractivity contribution in [2.45, 2.75) is 32.7 Å². The van der Waals surface area contributed by atoms with Crippen LogP contribution >= 0.6 is 0 Å². The van der Waals surface area contributed by atoms with Gasteiger partial charge in [0, 0.05) is 40.3 Å². The number of likely N-dealkylation sites (N-methyl/N-ethyl adjacent to an activating group) is 1. The van der Waals surface area contributed by atoms with Crippen molar-refractivity contribution >= 4 is 5.91 Å². The van der Waals surface area contributed by atoms with E-state index in [-0.39, 0.29) is 12.5 Å². The van der Waals surface area contributed by atoms with E-state index in [4.69, 9.17) is 9.47 Å². The van der Waals surface area contributed by atoms with Crippen LogP contribution in [0.3, 0.4) is 0 Å². The number of ether oxygens (including phenoxy) is 2. The van der Waals surface area contributed by atoms with Gasteiger partial charge >= 0.3 is 0 Å². The Morgan fingerprint density at radius 2 is 2.15 bits per heavy atom. The molecular formula is C19H27N5O3. The molecule has 1 aliphatic rings. The molecule has 1 amide bonds. The fourth-order valence-electron chi connectivity index (χ4n) is 3.10. The van der Waals surface area contributed by atoms with Gasteiger partial charge in [-0.2, -0.15) is 0 Å². The summed E-state index contributed by atoms with van der Waals surface area (Å²) in [6, 6.07) is 8.14. The van der Waals surface area contributed by atoms with Crippen LogP contribution in [0.25, 0.3) is 0 Å². The SMILES string of the molecule is COc1cccc(CN2CCCn3nnc(COCC(=O)N(C)C)c3C2)c1. The third-order valence-corrected chi connectivity index (χ3v) is 4.64. The van der Waals surface area contributed by atoms with Crippen molar-refractivity contribution in [1.82, 2.24) is 24.8 Å². The first-order valence-corrected chi connectivity index (χ1v) is 9.11. The molecule has 8 heteroatoms. The number of rotatable bonds is 7. The van der Waals surface area contributed by atoms with Crippen molar-refractivity contribution in [3.8, 4) is 5.75 Å². The van der Waals surface area contributed by atoms with Crippen LogP contribution < -0.4 is 4.74 Å². The van der Waals surface area contributed by atoms with E-state index in [9.17, 15) is 4.79 Å². The molecule has 0 saturated heterocycles. The van der Waals surface area contributed by atoms with E-state index >= 15 is 0 Å². The number of fused-ring (bicyclic) bond motifs is 1. The Hall–Kier alpha value is -2.45. The van der Waals surface area contributed by atoms with E-state index in [2.05, 4.69) is 27.3 Å². The normalized spacial score (nSPS) is 14.5. The lowest BCUT2D eigenvalue weighted by Gasteiger charge is -2.20. The zero-order valence-corrected chi connectivity index (χ0v) is 16.2. The van der Waals surface area contributed by atoms with Crippen molar-refractivity contribution in [1.29, 1.82) is 0 Å². The highest BCUT2D eigenvalue weighted by Crippen LogP contribution is 2.19. The smallest absolute Gasteiger partial charge is 0.248 e. The van der Waals surface area contributed by atoms with Crippen LogP contribution in [0.1, 0.15) is 23.4 Å². The van der Waals surface area contributed by atoms with Gasteiger partial charge in [-0.3, -0.25) is 9.69 Å². The maximum atomic E-state index is 11.7. The minimum Gasteiger partial charge on any atom is -0.497 e. The molecule has 2 heterocycles. The van der Waals surface area contributed by atoms with E-state index in [1.165, 1.54) is 10.5 Å². The lowest BCUT2D eigenvalue weighted by atomic mass is 10.2. The zero-order valence-electron chi connectivity index (χ0n) is 16.2. The molecule has 146 valence electrons. The second kappa shape index (κ2) is 8.96. The summed E-state index contributed by atoms with van der Waals surface area (Å²) in [6.45, 7) is 3.76. The van der Waals surface area contributed by atoms with E-state index < -0.39 is 0 Å². The van der Waals surface area contributed by atoms with Gasteiger partial charge in [0.25, 0.3) is 0 Å². The van der Waals surface area contributed by atoms with Gasteiger partial charge < -0.3 is 14.4 Å². The summed E-state index contributed by atoms with van der Waals surface area (Å²) >= 11 is 0. The van der Waals surface area contributed by atoms with Gasteiger partial charge in [-0.25, -0.2) is 4.68 Å². The lowest BCUT2D eigenvalue weighted by Crippen LogP contribution is -2.26. The Morgan fingerprint density at radius 3 is 2.93 bits per heavy atom. The summed E-state index contributed by atoms with van der Waals surface area (Å²) in [7, 11) is 5.11. The lowest BCUT2D eigenvalue weighted by molar-refractivity contribution is -0.134. The molecule has 0 atom stereocenters. The predicted molar refractivity (Wildman–Crippen MR) is 100 cm³/mol. The maximum Gasteiger partial charge on any atom is 0.248 e. The van der Waals surface area contributed by atoms with Gasteiger partial charge in [0.2, 0.25) is 5.91 Å². The first-order valence-electron chi connectivity index (χ1n) is 9.11. The third kappa shape index (κ3) is 5.05. The molecule has 0 fully saturated rings. The minimum absolute atomic E-state index is 0.0484. The zero-order chi connectivity index (χ0) is 19.2. The predicted octanol–water partition coefficient (Wildman–Crippen LogP) is 1.30. The molecule has 1 aromatic carbocycles. The standard InChI is InChI=1S/C19H27N5O3/c1-22(2)19(25)14-27-13-17-18-12-23(8-5-9-24(18)21-20-17)11-15-6-4-7-16(10-15)26-3/h4,6-7,10H,5,8-9,11-14H2,1-3H3. The molecule has 0 radical (unpaired) electrons. The van der Waals surface area contributed by atoms with Crippen molar-refractivity contribution in [3.63, 3.8) is 0 Å². The number of aryl methyl sites for hydroxylation is 1. The molecular weight excluding hydrogens is 346 g/mol. The van der Waals surface area contributed by atoms with Crippen molar-refractivity contribution in [3.05, 3.63) is 41.2 Å². The first kappa shape index (κ1) is 19.3. The van der Waals surface area contributed by atoms with Crippen LogP contribution in [0.5, 0.6) is 5.75 Å².